The lowest BCUT2D eigenvalue weighted by atomic mass is 10.1. The molecule has 0 aliphatic heterocycles. The van der Waals surface area contributed by atoms with Gasteiger partial charge in [0.05, 0.1) is 23.1 Å². The van der Waals surface area contributed by atoms with Crippen molar-refractivity contribution in [1.29, 1.82) is 0 Å². The maximum absolute atomic E-state index is 5.98. The van der Waals surface area contributed by atoms with Gasteiger partial charge in [0.15, 0.2) is 0 Å². The molecule has 3 N–H and O–H groups in total. The van der Waals surface area contributed by atoms with Crippen LogP contribution in [0.2, 0.25) is 5.02 Å². The van der Waals surface area contributed by atoms with Gasteiger partial charge in [-0.05, 0) is 28.1 Å². The molecule has 2 rings (SSSR count). The van der Waals surface area contributed by atoms with Crippen LogP contribution in [-0.4, -0.2) is 12.0 Å². The Kier molecular flexibility index (Phi) is 2.71. The predicted molar refractivity (Wildman–Crippen MR) is 68.4 cm³/mol. The molecule has 0 amide bonds. The van der Waals surface area contributed by atoms with Crippen LogP contribution in [0.1, 0.15) is 0 Å². The first-order valence-electron chi connectivity index (χ1n) is 4.34. The molecular formula is C10H9BrClN3. The Bertz CT molecular complexity index is 528. The Balaban J connectivity index is 2.91. The van der Waals surface area contributed by atoms with E-state index in [-0.39, 0.29) is 0 Å². The van der Waals surface area contributed by atoms with E-state index < -0.39 is 0 Å². The van der Waals surface area contributed by atoms with E-state index >= 15 is 0 Å². The molecule has 0 radical (unpaired) electrons. The molecule has 2 aromatic rings. The van der Waals surface area contributed by atoms with Gasteiger partial charge in [-0.25, -0.2) is 0 Å². The predicted octanol–water partition coefficient (Wildman–Crippen LogP) is 3.27. The van der Waals surface area contributed by atoms with Crippen molar-refractivity contribution in [1.82, 2.24) is 4.98 Å². The standard InChI is InChI=1S/C10H9BrClN3/c1-14-10-6-2-5(12)3-7(11)9(6)15-4-8(10)13/h2-4H,13H2,1H3,(H,14,15). The van der Waals surface area contributed by atoms with Crippen molar-refractivity contribution in [2.75, 3.05) is 18.1 Å². The average molecular weight is 287 g/mol. The molecule has 0 atom stereocenters. The molecular weight excluding hydrogens is 277 g/mol. The number of fused-ring (bicyclic) bond motifs is 1. The maximum Gasteiger partial charge on any atom is 0.0867 e. The maximum atomic E-state index is 5.98. The number of hydrogen-bond acceptors (Lipinski definition) is 3. The number of rotatable bonds is 1. The zero-order chi connectivity index (χ0) is 11.0. The van der Waals surface area contributed by atoms with Gasteiger partial charge in [0.1, 0.15) is 0 Å². The molecule has 5 heteroatoms. The summed E-state index contributed by atoms with van der Waals surface area (Å²) in [4.78, 5) is 4.26. The number of nitrogens with zero attached hydrogens (tertiary/aromatic N) is 1. The molecule has 0 saturated heterocycles. The monoisotopic (exact) mass is 285 g/mol. The summed E-state index contributed by atoms with van der Waals surface area (Å²) in [5, 5.41) is 4.61. The van der Waals surface area contributed by atoms with Gasteiger partial charge in [-0.2, -0.15) is 0 Å². The van der Waals surface area contributed by atoms with Crippen LogP contribution in [0.3, 0.4) is 0 Å². The summed E-state index contributed by atoms with van der Waals surface area (Å²) >= 11 is 9.40. The molecule has 1 aromatic heterocycles. The van der Waals surface area contributed by atoms with E-state index in [1.807, 2.05) is 19.2 Å². The van der Waals surface area contributed by atoms with Crippen LogP contribution in [0, 0.1) is 0 Å². The molecule has 0 aliphatic rings. The normalized spacial score (nSPS) is 10.6. The number of benzene rings is 1. The molecule has 0 fully saturated rings. The third-order valence-electron chi connectivity index (χ3n) is 2.17. The van der Waals surface area contributed by atoms with Gasteiger partial charge in [-0.3, -0.25) is 4.98 Å². The summed E-state index contributed by atoms with van der Waals surface area (Å²) in [6, 6.07) is 3.66. The number of halogens is 2. The summed E-state index contributed by atoms with van der Waals surface area (Å²) in [5.74, 6) is 0. The van der Waals surface area contributed by atoms with Gasteiger partial charge >= 0.3 is 0 Å². The van der Waals surface area contributed by atoms with Gasteiger partial charge in [-0.1, -0.05) is 11.6 Å². The number of pyridine rings is 1. The van der Waals surface area contributed by atoms with E-state index in [2.05, 4.69) is 26.2 Å². The summed E-state index contributed by atoms with van der Waals surface area (Å²) in [6.07, 6.45) is 1.63. The smallest absolute Gasteiger partial charge is 0.0867 e. The quantitative estimate of drug-likeness (QED) is 0.846. The Labute approximate surface area is 101 Å². The first kappa shape index (κ1) is 10.5. The Morgan fingerprint density at radius 3 is 2.87 bits per heavy atom. The molecule has 0 bridgehead atoms. The van der Waals surface area contributed by atoms with Gasteiger partial charge in [-0.15, -0.1) is 0 Å². The molecule has 3 nitrogen and oxygen atoms in total. The molecule has 0 aliphatic carbocycles. The van der Waals surface area contributed by atoms with E-state index in [1.54, 1.807) is 6.20 Å². The highest BCUT2D eigenvalue weighted by Crippen LogP contribution is 2.33. The lowest BCUT2D eigenvalue weighted by Gasteiger charge is -2.09. The highest BCUT2D eigenvalue weighted by Gasteiger charge is 2.08. The molecule has 78 valence electrons. The summed E-state index contributed by atoms with van der Waals surface area (Å²) in [6.45, 7) is 0. The first-order valence-corrected chi connectivity index (χ1v) is 5.51. The van der Waals surface area contributed by atoms with Gasteiger partial charge in [0.25, 0.3) is 0 Å². The van der Waals surface area contributed by atoms with E-state index in [9.17, 15) is 0 Å². The van der Waals surface area contributed by atoms with Crippen molar-refractivity contribution >= 4 is 49.8 Å². The van der Waals surface area contributed by atoms with E-state index in [1.165, 1.54) is 0 Å². The van der Waals surface area contributed by atoms with Gasteiger partial charge in [0.2, 0.25) is 0 Å². The van der Waals surface area contributed by atoms with Crippen molar-refractivity contribution in [3.8, 4) is 0 Å². The Morgan fingerprint density at radius 2 is 2.20 bits per heavy atom. The lowest BCUT2D eigenvalue weighted by Crippen LogP contribution is -1.98. The average Bonchev–Trinajstić information content (AvgIpc) is 2.17. The molecule has 1 heterocycles. The number of hydrogen-bond donors (Lipinski definition) is 2. The van der Waals surface area contributed by atoms with E-state index in [4.69, 9.17) is 17.3 Å². The number of nitrogens with one attached hydrogen (secondary N) is 1. The van der Waals surface area contributed by atoms with Crippen LogP contribution in [0.5, 0.6) is 0 Å². The molecule has 0 unspecified atom stereocenters. The molecule has 0 saturated carbocycles. The number of nitrogen functional groups attached to an aromatic ring is 1. The third kappa shape index (κ3) is 1.75. The largest absolute Gasteiger partial charge is 0.396 e. The number of anilines is 2. The van der Waals surface area contributed by atoms with Crippen LogP contribution >= 0.6 is 27.5 Å². The van der Waals surface area contributed by atoms with Crippen molar-refractivity contribution in [3.05, 3.63) is 27.8 Å². The summed E-state index contributed by atoms with van der Waals surface area (Å²) in [7, 11) is 1.82. The van der Waals surface area contributed by atoms with Crippen LogP contribution < -0.4 is 11.1 Å². The fraction of sp³-hybridized carbons (Fsp3) is 0.100. The minimum absolute atomic E-state index is 0.610. The van der Waals surface area contributed by atoms with Crippen LogP contribution in [0.4, 0.5) is 11.4 Å². The molecule has 1 aromatic carbocycles. The second-order valence-electron chi connectivity index (χ2n) is 3.12. The zero-order valence-corrected chi connectivity index (χ0v) is 10.4. The Hall–Kier alpha value is -1.00. The van der Waals surface area contributed by atoms with Crippen molar-refractivity contribution in [2.24, 2.45) is 0 Å². The molecule has 15 heavy (non-hydrogen) atoms. The lowest BCUT2D eigenvalue weighted by molar-refractivity contribution is 1.39. The third-order valence-corrected chi connectivity index (χ3v) is 2.99. The highest BCUT2D eigenvalue weighted by atomic mass is 79.9. The topological polar surface area (TPSA) is 50.9 Å². The SMILES string of the molecule is CNc1c(N)cnc2c(Br)cc(Cl)cc12. The minimum atomic E-state index is 0.610. The van der Waals surface area contributed by atoms with Crippen molar-refractivity contribution in [3.63, 3.8) is 0 Å². The van der Waals surface area contributed by atoms with Crippen molar-refractivity contribution in [2.45, 2.75) is 0 Å². The second-order valence-corrected chi connectivity index (χ2v) is 4.41. The van der Waals surface area contributed by atoms with Gasteiger partial charge in [0, 0.05) is 21.9 Å². The van der Waals surface area contributed by atoms with E-state index in [0.717, 1.165) is 21.1 Å². The summed E-state index contributed by atoms with van der Waals surface area (Å²) in [5.41, 5.74) is 8.12. The van der Waals surface area contributed by atoms with Crippen LogP contribution in [-0.2, 0) is 0 Å². The fourth-order valence-electron chi connectivity index (χ4n) is 1.52. The van der Waals surface area contributed by atoms with Gasteiger partial charge < -0.3 is 11.1 Å². The van der Waals surface area contributed by atoms with Crippen LogP contribution in [0.15, 0.2) is 22.8 Å². The van der Waals surface area contributed by atoms with E-state index in [0.29, 0.717) is 10.7 Å². The van der Waals surface area contributed by atoms with Crippen molar-refractivity contribution < 1.29 is 0 Å². The molecule has 0 spiro atoms. The Morgan fingerprint density at radius 1 is 1.47 bits per heavy atom. The highest BCUT2D eigenvalue weighted by molar-refractivity contribution is 9.10. The first-order chi connectivity index (χ1) is 7.13. The second kappa shape index (κ2) is 3.87. The zero-order valence-electron chi connectivity index (χ0n) is 8.01. The number of aromatic nitrogens is 1. The fourth-order valence-corrected chi connectivity index (χ4v) is 2.43. The summed E-state index contributed by atoms with van der Waals surface area (Å²) < 4.78 is 0.863. The number of nitrogens with two attached hydrogens (primary N) is 1. The minimum Gasteiger partial charge on any atom is -0.396 e. The van der Waals surface area contributed by atoms with Crippen LogP contribution in [0.25, 0.3) is 10.9 Å².